The van der Waals surface area contributed by atoms with Crippen molar-refractivity contribution in [1.82, 2.24) is 0 Å². The molecule has 0 aliphatic heterocycles. The number of nitro groups is 1. The molecule has 0 radical (unpaired) electrons. The third-order valence-electron chi connectivity index (χ3n) is 11.0. The van der Waals surface area contributed by atoms with E-state index in [0.29, 0.717) is 29.4 Å². The van der Waals surface area contributed by atoms with Crippen molar-refractivity contribution < 1.29 is 101 Å². The van der Waals surface area contributed by atoms with Gasteiger partial charge in [0.25, 0.3) is 46.2 Å². The number of nitro benzene ring substituents is 1. The molecule has 0 saturated carbocycles. The molecule has 34 nitrogen and oxygen atoms in total. The first-order valence-corrected chi connectivity index (χ1v) is 31.7. The molecule has 8 aromatic carbocycles. The summed E-state index contributed by atoms with van der Waals surface area (Å²) in [4.78, 5) is 5.78. The van der Waals surface area contributed by atoms with Crippen molar-refractivity contribution in [3.63, 3.8) is 0 Å². The Labute approximate surface area is 485 Å². The van der Waals surface area contributed by atoms with Crippen molar-refractivity contribution in [2.45, 2.75) is 30.2 Å². The number of azo groups is 4. The summed E-state index contributed by atoms with van der Waals surface area (Å²) in [5, 5.41) is 62.2. The van der Waals surface area contributed by atoms with Gasteiger partial charge in [-0.2, -0.15) is 49.0 Å². The SMILES string of the molecule is Nc1c(N=Nc2ccc3c(O)c(N=Nc4ccc(N=Nc5ccc(S(=O)(=O)Cc6ccccc6)cc5)cc4)c(S(=O)(=O)O)cc3c2S(=O)(=O)O)cc(S(=O)(=O)O)c2ccc(N=Nc3ccc([N+](=O)[O-])cc3S(=O)(=O)O)c(O)c12.O=S(=O)=O.O=S(=O)=O. The summed E-state index contributed by atoms with van der Waals surface area (Å²) in [5.41, 5.74) is 2.33. The molecule has 8 N–H and O–H groups in total. The summed E-state index contributed by atoms with van der Waals surface area (Å²) < 4.78 is 218. The number of nitrogen functional groups attached to an aromatic ring is 1. The summed E-state index contributed by atoms with van der Waals surface area (Å²) in [6, 6.07) is 26.7. The Balaban J connectivity index is 0.00000139. The molecule has 41 heteroatoms. The van der Waals surface area contributed by atoms with Crippen molar-refractivity contribution in [1.29, 1.82) is 0 Å². The van der Waals surface area contributed by atoms with Gasteiger partial charge in [-0.1, -0.05) is 36.4 Å². The van der Waals surface area contributed by atoms with Crippen LogP contribution in [0.4, 0.5) is 56.9 Å². The molecular formula is C45H32N10O24S7. The third-order valence-corrected chi connectivity index (χ3v) is 16.3. The van der Waals surface area contributed by atoms with E-state index in [-0.39, 0.29) is 22.0 Å². The first kappa shape index (κ1) is 65.5. The minimum atomic E-state index is -5.55. The van der Waals surface area contributed by atoms with Gasteiger partial charge >= 0.3 is 21.2 Å². The van der Waals surface area contributed by atoms with Gasteiger partial charge in [-0.15, -0.1) is 50.8 Å². The Bertz CT molecular complexity index is 5010. The molecule has 86 heavy (non-hydrogen) atoms. The average molecular weight is 1320 g/mol. The number of phenols is 2. The lowest BCUT2D eigenvalue weighted by Crippen LogP contribution is -2.04. The maximum Gasteiger partial charge on any atom is 0.425 e. The number of hydrogen-bond acceptors (Lipinski definition) is 29. The lowest BCUT2D eigenvalue weighted by Gasteiger charge is -2.13. The molecule has 0 bridgehead atoms. The second-order valence-electron chi connectivity index (χ2n) is 16.5. The van der Waals surface area contributed by atoms with Crippen LogP contribution in [0.2, 0.25) is 0 Å². The second kappa shape index (κ2) is 26.1. The highest BCUT2D eigenvalue weighted by Gasteiger charge is 2.29. The lowest BCUT2D eigenvalue weighted by molar-refractivity contribution is -0.385. The van der Waals surface area contributed by atoms with Gasteiger partial charge in [-0.25, -0.2) is 8.42 Å². The fourth-order valence-corrected chi connectivity index (χ4v) is 11.6. The summed E-state index contributed by atoms with van der Waals surface area (Å²) >= 11 is 0. The fourth-order valence-electron chi connectivity index (χ4n) is 7.39. The van der Waals surface area contributed by atoms with Crippen LogP contribution >= 0.6 is 0 Å². The van der Waals surface area contributed by atoms with E-state index in [0.717, 1.165) is 36.4 Å². The standard InChI is InChI=1S/C45H32N10O18S5.2O3S/c46-41-36(22-37(75(62,63)64)31-16-18-34(44(57)40(31)41)51-50-33-17-12-28(55(58)59)20-38(33)76(65,66)67)53-52-35-19-15-30-32(45(35)78(71,72)73)21-39(77(68,69)70)42(43(30)56)54-49-26-8-6-25(7-9-26)47-48-27-10-13-29(14-11-27)74(60,61)23-24-4-2-1-3-5-24;2*1-4(2)3/h1-22,56-57H,23,46H2,(H,62,63,64)(H,65,66,67)(H,68,69,70)(H,71,72,73);;. The van der Waals surface area contributed by atoms with Crippen molar-refractivity contribution in [3.8, 4) is 11.5 Å². The molecule has 0 unspecified atom stereocenters. The number of nitrogens with zero attached hydrogens (tertiary/aromatic N) is 9. The number of phenolic OH excluding ortho intramolecular Hbond substituents is 2. The molecule has 8 aromatic rings. The normalized spacial score (nSPS) is 12.3. The van der Waals surface area contributed by atoms with Crippen LogP contribution in [-0.2, 0) is 77.3 Å². The first-order valence-electron chi connectivity index (χ1n) is 22.2. The molecule has 0 fully saturated rings. The zero-order valence-corrected chi connectivity index (χ0v) is 47.6. The van der Waals surface area contributed by atoms with E-state index in [1.165, 1.54) is 48.5 Å². The van der Waals surface area contributed by atoms with Crippen molar-refractivity contribution in [2.24, 2.45) is 40.9 Å². The summed E-state index contributed by atoms with van der Waals surface area (Å²) in [5.74, 6) is -2.30. The number of anilines is 1. The predicted octanol–water partition coefficient (Wildman–Crippen LogP) is 8.51. The van der Waals surface area contributed by atoms with E-state index in [1.807, 2.05) is 0 Å². The topological polar surface area (TPSA) is 563 Å². The van der Waals surface area contributed by atoms with Crippen LogP contribution in [0.1, 0.15) is 5.56 Å². The van der Waals surface area contributed by atoms with E-state index in [4.69, 9.17) is 31.0 Å². The molecule has 0 spiro atoms. The number of fused-ring (bicyclic) bond motifs is 2. The average Bonchev–Trinajstić information content (AvgIpc) is 0.809. The second-order valence-corrected chi connectivity index (χ2v) is 24.9. The van der Waals surface area contributed by atoms with E-state index in [2.05, 4.69) is 40.9 Å². The highest BCUT2D eigenvalue weighted by Crippen LogP contribution is 2.48. The Morgan fingerprint density at radius 1 is 0.453 bits per heavy atom. The Hall–Kier alpha value is -9.69. The minimum absolute atomic E-state index is 0.0210. The lowest BCUT2D eigenvalue weighted by atomic mass is 10.1. The summed E-state index contributed by atoms with van der Waals surface area (Å²) in [6.45, 7) is 0. The molecule has 0 aromatic heterocycles. The van der Waals surface area contributed by atoms with Gasteiger partial charge in [0.2, 0.25) is 0 Å². The van der Waals surface area contributed by atoms with E-state index >= 15 is 0 Å². The highest BCUT2D eigenvalue weighted by atomic mass is 32.2. The smallest absolute Gasteiger partial charge is 0.425 e. The third kappa shape index (κ3) is 16.3. The van der Waals surface area contributed by atoms with E-state index in [9.17, 15) is 80.6 Å². The number of sulfone groups is 1. The quantitative estimate of drug-likeness (QED) is 0.0157. The maximum atomic E-state index is 13.0. The number of non-ortho nitro benzene ring substituents is 1. The van der Waals surface area contributed by atoms with Gasteiger partial charge in [0.1, 0.15) is 48.0 Å². The largest absolute Gasteiger partial charge is 0.505 e. The van der Waals surface area contributed by atoms with Crippen molar-refractivity contribution in [2.75, 3.05) is 5.73 Å². The van der Waals surface area contributed by atoms with Crippen LogP contribution in [0.5, 0.6) is 11.5 Å². The first-order chi connectivity index (χ1) is 40.0. The van der Waals surface area contributed by atoms with E-state index < -0.39 is 169 Å². The predicted molar refractivity (Wildman–Crippen MR) is 294 cm³/mol. The molecule has 0 heterocycles. The zero-order chi connectivity index (χ0) is 63.9. The van der Waals surface area contributed by atoms with Crippen molar-refractivity contribution >= 4 is 150 Å². The van der Waals surface area contributed by atoms with Gasteiger partial charge in [-0.3, -0.25) is 28.3 Å². The van der Waals surface area contributed by atoms with Crippen LogP contribution < -0.4 is 5.73 Å². The van der Waals surface area contributed by atoms with Gasteiger partial charge in [0, 0.05) is 28.3 Å². The zero-order valence-electron chi connectivity index (χ0n) is 41.9. The van der Waals surface area contributed by atoms with Crippen LogP contribution in [0.15, 0.2) is 199 Å². The Morgan fingerprint density at radius 2 is 0.907 bits per heavy atom. The van der Waals surface area contributed by atoms with Crippen LogP contribution in [0, 0.1) is 10.1 Å². The van der Waals surface area contributed by atoms with Gasteiger partial charge in [0.05, 0.1) is 43.7 Å². The number of aromatic hydroxyl groups is 2. The molecule has 0 amide bonds. The van der Waals surface area contributed by atoms with Gasteiger partial charge < -0.3 is 15.9 Å². The number of benzene rings is 8. The number of hydrogen-bond donors (Lipinski definition) is 7. The molecule has 448 valence electrons. The molecular weight excluding hydrogens is 1290 g/mol. The van der Waals surface area contributed by atoms with Crippen LogP contribution in [0.25, 0.3) is 21.5 Å². The Morgan fingerprint density at radius 3 is 1.42 bits per heavy atom. The van der Waals surface area contributed by atoms with Gasteiger partial charge in [0.15, 0.2) is 21.3 Å². The van der Waals surface area contributed by atoms with Crippen molar-refractivity contribution in [3.05, 3.63) is 149 Å². The Kier molecular flexibility index (Phi) is 19.8. The molecule has 0 aliphatic rings. The van der Waals surface area contributed by atoms with Crippen LogP contribution in [-0.4, -0.2) is 101 Å². The van der Waals surface area contributed by atoms with Crippen LogP contribution in [0.3, 0.4) is 0 Å². The fraction of sp³-hybridized carbons (Fsp3) is 0.0222. The summed E-state index contributed by atoms with van der Waals surface area (Å²) in [7, 11) is -31.3. The number of nitrogens with two attached hydrogens (primary N) is 1. The van der Waals surface area contributed by atoms with E-state index in [1.54, 1.807) is 30.3 Å². The molecule has 0 aliphatic carbocycles. The molecule has 0 atom stereocenters. The number of rotatable bonds is 16. The monoisotopic (exact) mass is 1320 g/mol. The van der Waals surface area contributed by atoms with Gasteiger partial charge in [-0.05, 0) is 90.5 Å². The molecule has 0 saturated heterocycles. The molecule has 8 rings (SSSR count). The maximum absolute atomic E-state index is 13.0. The summed E-state index contributed by atoms with van der Waals surface area (Å²) in [6.07, 6.45) is 0. The minimum Gasteiger partial charge on any atom is -0.505 e. The highest BCUT2D eigenvalue weighted by molar-refractivity contribution is 7.90.